The molecule has 3 nitrogen and oxygen atoms in total. The van der Waals surface area contributed by atoms with E-state index < -0.39 is 0 Å². The quantitative estimate of drug-likeness (QED) is 0.534. The monoisotopic (exact) mass is 128 g/mol. The Morgan fingerprint density at radius 2 is 1.33 bits per heavy atom. The Morgan fingerprint density at radius 1 is 1.00 bits per heavy atom. The van der Waals surface area contributed by atoms with Gasteiger partial charge in [-0.05, 0) is 0 Å². The minimum absolute atomic E-state index is 0.623. The zero-order chi connectivity index (χ0) is 7.28. The highest BCUT2D eigenvalue weighted by Gasteiger charge is 1.89. The summed E-state index contributed by atoms with van der Waals surface area (Å²) in [6.45, 7) is 7.53. The normalized spacial score (nSPS) is 8.00. The fraction of sp³-hybridized carbons (Fsp3) is 0.667. The number of aromatic nitrogens is 2. The summed E-state index contributed by atoms with van der Waals surface area (Å²) < 4.78 is 4.86. The van der Waals surface area contributed by atoms with Crippen molar-refractivity contribution in [2.75, 3.05) is 0 Å². The standard InChI is InChI=1S/C4H6N2O.C2H6/c1-3-5-6-4(2)7-3;1-2/h1-2H3;1-2H3. The van der Waals surface area contributed by atoms with Crippen molar-refractivity contribution in [3.63, 3.8) is 0 Å². The van der Waals surface area contributed by atoms with Gasteiger partial charge < -0.3 is 4.42 Å². The van der Waals surface area contributed by atoms with Crippen LogP contribution in [0.15, 0.2) is 4.42 Å². The molecule has 9 heavy (non-hydrogen) atoms. The maximum atomic E-state index is 4.86. The van der Waals surface area contributed by atoms with Gasteiger partial charge in [-0.1, -0.05) is 13.8 Å². The third-order valence-corrected chi connectivity index (χ3v) is 0.627. The maximum Gasteiger partial charge on any atom is 0.213 e. The van der Waals surface area contributed by atoms with Gasteiger partial charge in [0.1, 0.15) is 0 Å². The number of hydrogen-bond donors (Lipinski definition) is 0. The number of rotatable bonds is 0. The summed E-state index contributed by atoms with van der Waals surface area (Å²) in [5, 5.41) is 7.20. The molecule has 0 amide bonds. The summed E-state index contributed by atoms with van der Waals surface area (Å²) in [5.74, 6) is 1.25. The Morgan fingerprint density at radius 3 is 1.44 bits per heavy atom. The van der Waals surface area contributed by atoms with Crippen LogP contribution in [0, 0.1) is 13.8 Å². The largest absolute Gasteiger partial charge is 0.426 e. The van der Waals surface area contributed by atoms with Crippen molar-refractivity contribution in [2.45, 2.75) is 27.7 Å². The van der Waals surface area contributed by atoms with E-state index in [9.17, 15) is 0 Å². The second-order valence-corrected chi connectivity index (χ2v) is 1.34. The first-order chi connectivity index (χ1) is 4.29. The second-order valence-electron chi connectivity index (χ2n) is 1.34. The molecule has 0 unspecified atom stereocenters. The first-order valence-corrected chi connectivity index (χ1v) is 3.06. The average molecular weight is 128 g/mol. The molecule has 0 saturated carbocycles. The summed E-state index contributed by atoms with van der Waals surface area (Å²) >= 11 is 0. The highest BCUT2D eigenvalue weighted by molar-refractivity contribution is 4.72. The molecule has 0 radical (unpaired) electrons. The molecule has 0 aliphatic heterocycles. The molecule has 0 N–H and O–H groups in total. The van der Waals surface area contributed by atoms with E-state index in [1.54, 1.807) is 13.8 Å². The van der Waals surface area contributed by atoms with Crippen molar-refractivity contribution in [1.82, 2.24) is 10.2 Å². The smallest absolute Gasteiger partial charge is 0.213 e. The molecule has 52 valence electrons. The van der Waals surface area contributed by atoms with Crippen LogP contribution in [0.2, 0.25) is 0 Å². The first kappa shape index (κ1) is 8.14. The summed E-state index contributed by atoms with van der Waals surface area (Å²) in [4.78, 5) is 0. The molecule has 0 aliphatic rings. The summed E-state index contributed by atoms with van der Waals surface area (Å²) in [7, 11) is 0. The lowest BCUT2D eigenvalue weighted by atomic mass is 10.8. The summed E-state index contributed by atoms with van der Waals surface area (Å²) in [5.41, 5.74) is 0. The van der Waals surface area contributed by atoms with Gasteiger partial charge in [-0.3, -0.25) is 0 Å². The van der Waals surface area contributed by atoms with Gasteiger partial charge in [0, 0.05) is 13.8 Å². The van der Waals surface area contributed by atoms with Crippen molar-refractivity contribution in [3.8, 4) is 0 Å². The predicted octanol–water partition coefficient (Wildman–Crippen LogP) is 1.71. The lowest BCUT2D eigenvalue weighted by Crippen LogP contribution is -1.68. The molecule has 0 bridgehead atoms. The highest BCUT2D eigenvalue weighted by atomic mass is 16.4. The van der Waals surface area contributed by atoms with Crippen LogP contribution in [-0.4, -0.2) is 10.2 Å². The van der Waals surface area contributed by atoms with Crippen molar-refractivity contribution >= 4 is 0 Å². The molecule has 1 rings (SSSR count). The van der Waals surface area contributed by atoms with Gasteiger partial charge in [-0.2, -0.15) is 0 Å². The van der Waals surface area contributed by atoms with Crippen molar-refractivity contribution in [1.29, 1.82) is 0 Å². The SMILES string of the molecule is CC.Cc1nnc(C)o1. The van der Waals surface area contributed by atoms with E-state index in [1.807, 2.05) is 13.8 Å². The zero-order valence-corrected chi connectivity index (χ0v) is 6.30. The minimum Gasteiger partial charge on any atom is -0.426 e. The Labute approximate surface area is 55.1 Å². The van der Waals surface area contributed by atoms with E-state index >= 15 is 0 Å². The first-order valence-electron chi connectivity index (χ1n) is 3.06. The van der Waals surface area contributed by atoms with Crippen LogP contribution < -0.4 is 0 Å². The Balaban J connectivity index is 0.000000291. The molecule has 0 aliphatic carbocycles. The molecule has 0 spiro atoms. The van der Waals surface area contributed by atoms with Crippen LogP contribution >= 0.6 is 0 Å². The fourth-order valence-electron chi connectivity index (χ4n) is 0.395. The molecular formula is C6H12N2O. The van der Waals surface area contributed by atoms with E-state index in [2.05, 4.69) is 10.2 Å². The Bertz CT molecular complexity index is 143. The van der Waals surface area contributed by atoms with Gasteiger partial charge in [-0.15, -0.1) is 10.2 Å². The van der Waals surface area contributed by atoms with Crippen LogP contribution in [0.1, 0.15) is 25.6 Å². The number of aryl methyl sites for hydroxylation is 2. The van der Waals surface area contributed by atoms with Crippen LogP contribution in [0.3, 0.4) is 0 Å². The highest BCUT2D eigenvalue weighted by Crippen LogP contribution is 1.92. The topological polar surface area (TPSA) is 38.9 Å². The second kappa shape index (κ2) is 4.06. The molecule has 1 heterocycles. The van der Waals surface area contributed by atoms with Crippen molar-refractivity contribution < 1.29 is 4.42 Å². The molecule has 0 aromatic carbocycles. The molecule has 1 aromatic rings. The minimum atomic E-state index is 0.623. The van der Waals surface area contributed by atoms with E-state index in [-0.39, 0.29) is 0 Å². The van der Waals surface area contributed by atoms with E-state index in [0.717, 1.165) is 0 Å². The molecule has 0 saturated heterocycles. The van der Waals surface area contributed by atoms with Gasteiger partial charge in [0.2, 0.25) is 11.8 Å². The Hall–Kier alpha value is -0.860. The fourth-order valence-corrected chi connectivity index (χ4v) is 0.395. The summed E-state index contributed by atoms with van der Waals surface area (Å²) in [6.07, 6.45) is 0. The number of hydrogen-bond acceptors (Lipinski definition) is 3. The van der Waals surface area contributed by atoms with Crippen molar-refractivity contribution in [3.05, 3.63) is 11.8 Å². The van der Waals surface area contributed by atoms with E-state index in [1.165, 1.54) is 0 Å². The summed E-state index contributed by atoms with van der Waals surface area (Å²) in [6, 6.07) is 0. The van der Waals surface area contributed by atoms with Gasteiger partial charge in [0.15, 0.2) is 0 Å². The molecular weight excluding hydrogens is 116 g/mol. The lowest BCUT2D eigenvalue weighted by molar-refractivity contribution is 0.489. The lowest BCUT2D eigenvalue weighted by Gasteiger charge is -1.70. The molecule has 3 heteroatoms. The van der Waals surface area contributed by atoms with Gasteiger partial charge in [0.05, 0.1) is 0 Å². The molecule has 1 aromatic heterocycles. The Kier molecular flexibility index (Phi) is 3.67. The van der Waals surface area contributed by atoms with Gasteiger partial charge in [-0.25, -0.2) is 0 Å². The van der Waals surface area contributed by atoms with Crippen LogP contribution in [0.5, 0.6) is 0 Å². The molecule has 0 fully saturated rings. The van der Waals surface area contributed by atoms with Gasteiger partial charge >= 0.3 is 0 Å². The molecule has 0 atom stereocenters. The van der Waals surface area contributed by atoms with E-state index in [0.29, 0.717) is 11.8 Å². The van der Waals surface area contributed by atoms with E-state index in [4.69, 9.17) is 4.42 Å². The predicted molar refractivity (Wildman–Crippen MR) is 35.1 cm³/mol. The van der Waals surface area contributed by atoms with Crippen LogP contribution in [0.4, 0.5) is 0 Å². The van der Waals surface area contributed by atoms with Crippen LogP contribution in [0.25, 0.3) is 0 Å². The van der Waals surface area contributed by atoms with Crippen LogP contribution in [-0.2, 0) is 0 Å². The average Bonchev–Trinajstić information content (AvgIpc) is 2.20. The number of nitrogens with zero attached hydrogens (tertiary/aromatic N) is 2. The maximum absolute atomic E-state index is 4.86. The third-order valence-electron chi connectivity index (χ3n) is 0.627. The third kappa shape index (κ3) is 2.85. The van der Waals surface area contributed by atoms with Gasteiger partial charge in [0.25, 0.3) is 0 Å². The zero-order valence-electron chi connectivity index (χ0n) is 6.30. The van der Waals surface area contributed by atoms with Crippen molar-refractivity contribution in [2.24, 2.45) is 0 Å².